The number of phenols is 1. The van der Waals surface area contributed by atoms with E-state index in [2.05, 4.69) is 4.98 Å². The number of benzene rings is 2. The lowest BCUT2D eigenvalue weighted by Gasteiger charge is -2.08. The molecule has 0 aliphatic carbocycles. The minimum absolute atomic E-state index is 0.219. The van der Waals surface area contributed by atoms with Crippen molar-refractivity contribution in [3.63, 3.8) is 0 Å². The Balaban J connectivity index is 2.11. The monoisotopic (exact) mass is 275 g/mol. The average molecular weight is 275 g/mol. The molecule has 3 nitrogen and oxygen atoms in total. The van der Waals surface area contributed by atoms with E-state index in [1.807, 2.05) is 42.5 Å². The Morgan fingerprint density at radius 1 is 0.857 bits per heavy atom. The summed E-state index contributed by atoms with van der Waals surface area (Å²) >= 11 is 0. The van der Waals surface area contributed by atoms with Crippen LogP contribution in [0.3, 0.4) is 0 Å². The highest BCUT2D eigenvalue weighted by atomic mass is 16.3. The van der Waals surface area contributed by atoms with Gasteiger partial charge in [-0.3, -0.25) is 4.79 Å². The summed E-state index contributed by atoms with van der Waals surface area (Å²) in [5.41, 5.74) is 3.63. The summed E-state index contributed by atoms with van der Waals surface area (Å²) in [6, 6.07) is 20.3. The largest absolute Gasteiger partial charge is 0.507 e. The highest BCUT2D eigenvalue weighted by Gasteiger charge is 2.08. The van der Waals surface area contributed by atoms with E-state index in [0.29, 0.717) is 11.4 Å². The maximum atomic E-state index is 10.8. The second-order valence-electron chi connectivity index (χ2n) is 4.66. The van der Waals surface area contributed by atoms with E-state index in [9.17, 15) is 9.90 Å². The van der Waals surface area contributed by atoms with Gasteiger partial charge in [0.1, 0.15) is 11.4 Å². The lowest BCUT2D eigenvalue weighted by atomic mass is 10.0. The molecule has 21 heavy (non-hydrogen) atoms. The van der Waals surface area contributed by atoms with Crippen molar-refractivity contribution in [3.05, 3.63) is 72.4 Å². The van der Waals surface area contributed by atoms with Crippen molar-refractivity contribution in [2.75, 3.05) is 0 Å². The first-order chi connectivity index (χ1) is 10.3. The van der Waals surface area contributed by atoms with Gasteiger partial charge < -0.3 is 5.11 Å². The standard InChI is InChI=1S/C18H13NO2/c20-12-15-7-4-8-17(19-15)14-9-10-18(21)16(11-14)13-5-2-1-3-6-13/h1-12,21H. The Kier molecular flexibility index (Phi) is 3.48. The van der Waals surface area contributed by atoms with Crippen molar-refractivity contribution in [1.29, 1.82) is 0 Å². The van der Waals surface area contributed by atoms with Crippen LogP contribution >= 0.6 is 0 Å². The number of aldehydes is 1. The van der Waals surface area contributed by atoms with Crippen LogP contribution in [-0.4, -0.2) is 16.4 Å². The van der Waals surface area contributed by atoms with Crippen LogP contribution in [0, 0.1) is 0 Å². The van der Waals surface area contributed by atoms with Gasteiger partial charge in [0.05, 0.1) is 5.69 Å². The van der Waals surface area contributed by atoms with Gasteiger partial charge in [-0.2, -0.15) is 0 Å². The van der Waals surface area contributed by atoms with Gasteiger partial charge in [0, 0.05) is 11.1 Å². The molecule has 0 atom stereocenters. The number of pyridine rings is 1. The van der Waals surface area contributed by atoms with Gasteiger partial charge in [-0.15, -0.1) is 0 Å². The molecule has 3 heteroatoms. The van der Waals surface area contributed by atoms with Gasteiger partial charge in [-0.1, -0.05) is 36.4 Å². The first-order valence-electron chi connectivity index (χ1n) is 6.59. The fraction of sp³-hybridized carbons (Fsp3) is 0. The van der Waals surface area contributed by atoms with Gasteiger partial charge in [0.15, 0.2) is 6.29 Å². The molecular formula is C18H13NO2. The molecule has 2 aromatic carbocycles. The number of carbonyl (C=O) groups is 1. The van der Waals surface area contributed by atoms with Gasteiger partial charge >= 0.3 is 0 Å². The Hall–Kier alpha value is -2.94. The highest BCUT2D eigenvalue weighted by molar-refractivity contribution is 5.78. The molecule has 0 radical (unpaired) electrons. The molecule has 0 aliphatic rings. The van der Waals surface area contributed by atoms with Crippen molar-refractivity contribution >= 4 is 6.29 Å². The Morgan fingerprint density at radius 3 is 2.43 bits per heavy atom. The Morgan fingerprint density at radius 2 is 1.67 bits per heavy atom. The summed E-state index contributed by atoms with van der Waals surface area (Å²) in [7, 11) is 0. The molecule has 0 saturated carbocycles. The number of carbonyl (C=O) groups excluding carboxylic acids is 1. The third-order valence-electron chi connectivity index (χ3n) is 3.27. The predicted octanol–water partition coefficient (Wildman–Crippen LogP) is 3.93. The summed E-state index contributed by atoms with van der Waals surface area (Å²) in [6.45, 7) is 0. The fourth-order valence-corrected chi connectivity index (χ4v) is 2.22. The number of phenolic OH excluding ortho intramolecular Hbond substituents is 1. The maximum Gasteiger partial charge on any atom is 0.168 e. The maximum absolute atomic E-state index is 10.8. The Bertz CT molecular complexity index is 782. The minimum atomic E-state index is 0.219. The minimum Gasteiger partial charge on any atom is -0.507 e. The number of aromatic nitrogens is 1. The van der Waals surface area contributed by atoms with E-state index >= 15 is 0 Å². The van der Waals surface area contributed by atoms with Crippen LogP contribution in [0.1, 0.15) is 10.5 Å². The van der Waals surface area contributed by atoms with Crippen molar-refractivity contribution in [2.45, 2.75) is 0 Å². The topological polar surface area (TPSA) is 50.2 Å². The zero-order valence-corrected chi connectivity index (χ0v) is 11.2. The zero-order chi connectivity index (χ0) is 14.7. The summed E-state index contributed by atoms with van der Waals surface area (Å²) in [6.07, 6.45) is 0.724. The molecule has 0 aliphatic heterocycles. The van der Waals surface area contributed by atoms with Crippen molar-refractivity contribution < 1.29 is 9.90 Å². The third kappa shape index (κ3) is 2.67. The number of hydrogen-bond donors (Lipinski definition) is 1. The molecule has 102 valence electrons. The molecule has 0 amide bonds. The molecule has 3 aromatic rings. The molecule has 0 bridgehead atoms. The van der Waals surface area contributed by atoms with E-state index in [-0.39, 0.29) is 5.75 Å². The second kappa shape index (κ2) is 5.59. The molecule has 1 N–H and O–H groups in total. The fourth-order valence-electron chi connectivity index (χ4n) is 2.22. The van der Waals surface area contributed by atoms with Crippen molar-refractivity contribution in [1.82, 2.24) is 4.98 Å². The first kappa shape index (κ1) is 13.1. The lowest BCUT2D eigenvalue weighted by Crippen LogP contribution is -1.90. The average Bonchev–Trinajstić information content (AvgIpc) is 2.56. The van der Waals surface area contributed by atoms with E-state index in [1.165, 1.54) is 0 Å². The van der Waals surface area contributed by atoms with E-state index < -0.39 is 0 Å². The van der Waals surface area contributed by atoms with E-state index in [0.717, 1.165) is 23.0 Å². The van der Waals surface area contributed by atoms with Gasteiger partial charge in [-0.25, -0.2) is 4.98 Å². The summed E-state index contributed by atoms with van der Waals surface area (Å²) in [5, 5.41) is 10.1. The third-order valence-corrected chi connectivity index (χ3v) is 3.27. The number of rotatable bonds is 3. The first-order valence-corrected chi connectivity index (χ1v) is 6.59. The van der Waals surface area contributed by atoms with Crippen LogP contribution in [0.25, 0.3) is 22.4 Å². The highest BCUT2D eigenvalue weighted by Crippen LogP contribution is 2.32. The molecule has 0 fully saturated rings. The number of nitrogens with zero attached hydrogens (tertiary/aromatic N) is 1. The number of hydrogen-bond acceptors (Lipinski definition) is 3. The normalized spacial score (nSPS) is 10.3. The SMILES string of the molecule is O=Cc1cccc(-c2ccc(O)c(-c3ccccc3)c2)n1. The van der Waals surface area contributed by atoms with Crippen LogP contribution in [0.2, 0.25) is 0 Å². The number of aromatic hydroxyl groups is 1. The van der Waals surface area contributed by atoms with Gasteiger partial charge in [-0.05, 0) is 35.9 Å². The summed E-state index contributed by atoms with van der Waals surface area (Å²) in [5.74, 6) is 0.219. The van der Waals surface area contributed by atoms with E-state index in [1.54, 1.807) is 24.3 Å². The summed E-state index contributed by atoms with van der Waals surface area (Å²) in [4.78, 5) is 15.1. The Labute approximate surface area is 122 Å². The molecule has 1 aromatic heterocycles. The molecule has 0 saturated heterocycles. The lowest BCUT2D eigenvalue weighted by molar-refractivity contribution is 0.111. The molecule has 3 rings (SSSR count). The molecule has 0 unspecified atom stereocenters. The van der Waals surface area contributed by atoms with Crippen LogP contribution in [0.15, 0.2) is 66.7 Å². The molecule has 0 spiro atoms. The van der Waals surface area contributed by atoms with Crippen molar-refractivity contribution in [3.8, 4) is 28.1 Å². The van der Waals surface area contributed by atoms with Crippen LogP contribution < -0.4 is 0 Å². The predicted molar refractivity (Wildman–Crippen MR) is 82.2 cm³/mol. The van der Waals surface area contributed by atoms with E-state index in [4.69, 9.17) is 0 Å². The van der Waals surface area contributed by atoms with Crippen LogP contribution in [0.4, 0.5) is 0 Å². The smallest absolute Gasteiger partial charge is 0.168 e. The molecule has 1 heterocycles. The van der Waals surface area contributed by atoms with Gasteiger partial charge in [0.2, 0.25) is 0 Å². The van der Waals surface area contributed by atoms with Crippen molar-refractivity contribution in [2.24, 2.45) is 0 Å². The zero-order valence-electron chi connectivity index (χ0n) is 11.2. The quantitative estimate of drug-likeness (QED) is 0.737. The van der Waals surface area contributed by atoms with Crippen LogP contribution in [0.5, 0.6) is 5.75 Å². The summed E-state index contributed by atoms with van der Waals surface area (Å²) < 4.78 is 0. The van der Waals surface area contributed by atoms with Gasteiger partial charge in [0.25, 0.3) is 0 Å². The second-order valence-corrected chi connectivity index (χ2v) is 4.66. The van der Waals surface area contributed by atoms with Crippen LogP contribution in [-0.2, 0) is 0 Å². The molecular weight excluding hydrogens is 262 g/mol.